The summed E-state index contributed by atoms with van der Waals surface area (Å²) in [4.78, 5) is 0.930. The summed E-state index contributed by atoms with van der Waals surface area (Å²) in [6.45, 7) is 1.61. The van der Waals surface area contributed by atoms with E-state index < -0.39 is 10.8 Å². The summed E-state index contributed by atoms with van der Waals surface area (Å²) in [6.07, 6.45) is 1.05. The van der Waals surface area contributed by atoms with E-state index in [2.05, 4.69) is 0 Å². The summed E-state index contributed by atoms with van der Waals surface area (Å²) in [5.41, 5.74) is 0. The molecule has 0 radical (unpaired) electrons. The van der Waals surface area contributed by atoms with E-state index in [1.54, 1.807) is 0 Å². The van der Waals surface area contributed by atoms with Gasteiger partial charge in [0.15, 0.2) is 0 Å². The van der Waals surface area contributed by atoms with Gasteiger partial charge >= 0.3 is 0 Å². The Labute approximate surface area is 86.7 Å². The van der Waals surface area contributed by atoms with Gasteiger partial charge in [0.25, 0.3) is 0 Å². The van der Waals surface area contributed by atoms with Gasteiger partial charge in [-0.1, -0.05) is 18.2 Å². The summed E-state index contributed by atoms with van der Waals surface area (Å²) in [5.74, 6) is 1.22. The number of ether oxygens (including phenoxy) is 1. The van der Waals surface area contributed by atoms with Gasteiger partial charge in [-0.3, -0.25) is 4.21 Å². The van der Waals surface area contributed by atoms with E-state index in [0.29, 0.717) is 5.92 Å². The second-order valence-electron chi connectivity index (χ2n) is 3.55. The van der Waals surface area contributed by atoms with Crippen LogP contribution in [0.15, 0.2) is 35.2 Å². The Morgan fingerprint density at radius 1 is 1.36 bits per heavy atom. The first-order chi connectivity index (χ1) is 6.86. The quantitative estimate of drug-likeness (QED) is 0.761. The molecule has 1 aliphatic rings. The van der Waals surface area contributed by atoms with Crippen molar-refractivity contribution in [2.45, 2.75) is 11.3 Å². The number of rotatable bonds is 3. The van der Waals surface area contributed by atoms with Gasteiger partial charge in [0, 0.05) is 17.3 Å². The number of hydrogen-bond acceptors (Lipinski definition) is 2. The largest absolute Gasteiger partial charge is 0.381 e. The molecule has 1 saturated heterocycles. The van der Waals surface area contributed by atoms with Crippen LogP contribution in [0.25, 0.3) is 0 Å². The maximum atomic E-state index is 11.9. The Bertz CT molecular complexity index is 304. The minimum Gasteiger partial charge on any atom is -0.381 e. The van der Waals surface area contributed by atoms with Gasteiger partial charge in [0.05, 0.1) is 17.4 Å². The summed E-state index contributed by atoms with van der Waals surface area (Å²) in [7, 11) is -0.853. The van der Waals surface area contributed by atoms with E-state index in [1.165, 1.54) is 0 Å². The molecule has 1 unspecified atom stereocenters. The molecule has 2 nitrogen and oxygen atoms in total. The highest BCUT2D eigenvalue weighted by Gasteiger charge is 2.18. The molecule has 0 amide bonds. The molecule has 14 heavy (non-hydrogen) atoms. The van der Waals surface area contributed by atoms with Crippen molar-refractivity contribution in [1.82, 2.24) is 0 Å². The molecular formula is C11H14O2S. The van der Waals surface area contributed by atoms with E-state index in [4.69, 9.17) is 4.74 Å². The van der Waals surface area contributed by atoms with Crippen LogP contribution in [0, 0.1) is 5.92 Å². The molecule has 2 atom stereocenters. The maximum absolute atomic E-state index is 11.9. The van der Waals surface area contributed by atoms with Crippen LogP contribution in [0.4, 0.5) is 0 Å². The molecule has 1 aliphatic heterocycles. The summed E-state index contributed by atoms with van der Waals surface area (Å²) >= 11 is 0. The van der Waals surface area contributed by atoms with Crippen LogP contribution < -0.4 is 0 Å². The van der Waals surface area contributed by atoms with Crippen LogP contribution in [0.5, 0.6) is 0 Å². The molecule has 3 heteroatoms. The molecule has 0 spiro atoms. The lowest BCUT2D eigenvalue weighted by atomic mass is 10.2. The maximum Gasteiger partial charge on any atom is 0.0533 e. The SMILES string of the molecule is O=S(C[C@@H]1CCOC1)c1ccccc1. The molecule has 0 N–H and O–H groups in total. The molecule has 0 saturated carbocycles. The molecule has 1 aromatic rings. The second-order valence-corrected chi connectivity index (χ2v) is 5.05. The highest BCUT2D eigenvalue weighted by Crippen LogP contribution is 2.16. The molecule has 1 aromatic carbocycles. The van der Waals surface area contributed by atoms with Crippen molar-refractivity contribution in [2.24, 2.45) is 5.92 Å². The van der Waals surface area contributed by atoms with Crippen molar-refractivity contribution in [3.63, 3.8) is 0 Å². The van der Waals surface area contributed by atoms with Gasteiger partial charge in [0.1, 0.15) is 0 Å². The van der Waals surface area contributed by atoms with Crippen molar-refractivity contribution in [3.05, 3.63) is 30.3 Å². The van der Waals surface area contributed by atoms with E-state index in [0.717, 1.165) is 30.3 Å². The fourth-order valence-corrected chi connectivity index (χ4v) is 2.94. The van der Waals surface area contributed by atoms with Crippen LogP contribution in [0.3, 0.4) is 0 Å². The van der Waals surface area contributed by atoms with Gasteiger partial charge in [-0.05, 0) is 24.5 Å². The molecule has 0 aromatic heterocycles. The van der Waals surface area contributed by atoms with Crippen LogP contribution in [-0.2, 0) is 15.5 Å². The highest BCUT2D eigenvalue weighted by molar-refractivity contribution is 7.85. The lowest BCUT2D eigenvalue weighted by Gasteiger charge is -2.06. The normalized spacial score (nSPS) is 23.6. The summed E-state index contributed by atoms with van der Waals surface area (Å²) in [6, 6.07) is 9.65. The van der Waals surface area contributed by atoms with Crippen LogP contribution in [-0.4, -0.2) is 23.2 Å². The van der Waals surface area contributed by atoms with Crippen LogP contribution in [0.1, 0.15) is 6.42 Å². The number of hydrogen-bond donors (Lipinski definition) is 0. The van der Waals surface area contributed by atoms with Crippen molar-refractivity contribution >= 4 is 10.8 Å². The van der Waals surface area contributed by atoms with Crippen molar-refractivity contribution < 1.29 is 8.95 Å². The Morgan fingerprint density at radius 3 is 2.79 bits per heavy atom. The lowest BCUT2D eigenvalue weighted by Crippen LogP contribution is -2.11. The van der Waals surface area contributed by atoms with Crippen molar-refractivity contribution in [2.75, 3.05) is 19.0 Å². The van der Waals surface area contributed by atoms with Gasteiger partial charge < -0.3 is 4.74 Å². The van der Waals surface area contributed by atoms with Crippen molar-refractivity contribution in [1.29, 1.82) is 0 Å². The summed E-state index contributed by atoms with van der Waals surface area (Å²) in [5, 5.41) is 0. The predicted molar refractivity (Wildman–Crippen MR) is 56.6 cm³/mol. The Hall–Kier alpha value is -0.670. The minimum atomic E-state index is -0.853. The molecule has 1 fully saturated rings. The predicted octanol–water partition coefficient (Wildman–Crippen LogP) is 1.83. The fraction of sp³-hybridized carbons (Fsp3) is 0.455. The average Bonchev–Trinajstić information content (AvgIpc) is 2.72. The monoisotopic (exact) mass is 210 g/mol. The van der Waals surface area contributed by atoms with E-state index >= 15 is 0 Å². The van der Waals surface area contributed by atoms with Gasteiger partial charge in [-0.25, -0.2) is 0 Å². The molecule has 76 valence electrons. The zero-order chi connectivity index (χ0) is 9.80. The minimum absolute atomic E-state index is 0.482. The highest BCUT2D eigenvalue weighted by atomic mass is 32.2. The molecule has 0 bridgehead atoms. The molecule has 0 aliphatic carbocycles. The zero-order valence-electron chi connectivity index (χ0n) is 8.02. The Balaban J connectivity index is 1.95. The van der Waals surface area contributed by atoms with E-state index in [-0.39, 0.29) is 0 Å². The van der Waals surface area contributed by atoms with E-state index in [9.17, 15) is 4.21 Å². The zero-order valence-corrected chi connectivity index (χ0v) is 8.83. The third kappa shape index (κ3) is 2.42. The van der Waals surface area contributed by atoms with Gasteiger partial charge in [0.2, 0.25) is 0 Å². The Morgan fingerprint density at radius 2 is 2.14 bits per heavy atom. The standard InChI is InChI=1S/C11H14O2S/c12-14(9-10-6-7-13-8-10)11-4-2-1-3-5-11/h1-5,10H,6-9H2/t10-,14?/m1/s1. The Kier molecular flexibility index (Phi) is 3.32. The lowest BCUT2D eigenvalue weighted by molar-refractivity contribution is 0.189. The second kappa shape index (κ2) is 4.71. The third-order valence-corrected chi connectivity index (χ3v) is 3.99. The van der Waals surface area contributed by atoms with Crippen LogP contribution in [0.2, 0.25) is 0 Å². The van der Waals surface area contributed by atoms with E-state index in [1.807, 2.05) is 30.3 Å². The smallest absolute Gasteiger partial charge is 0.0533 e. The molecular weight excluding hydrogens is 196 g/mol. The van der Waals surface area contributed by atoms with Gasteiger partial charge in [-0.2, -0.15) is 0 Å². The first-order valence-electron chi connectivity index (χ1n) is 4.87. The third-order valence-electron chi connectivity index (χ3n) is 2.42. The fourth-order valence-electron chi connectivity index (χ4n) is 1.60. The molecule has 2 rings (SSSR count). The first kappa shape index (κ1) is 9.87. The molecule has 1 heterocycles. The van der Waals surface area contributed by atoms with Gasteiger partial charge in [-0.15, -0.1) is 0 Å². The van der Waals surface area contributed by atoms with Crippen molar-refractivity contribution in [3.8, 4) is 0 Å². The topological polar surface area (TPSA) is 26.3 Å². The van der Waals surface area contributed by atoms with Crippen LogP contribution >= 0.6 is 0 Å². The first-order valence-corrected chi connectivity index (χ1v) is 6.19. The average molecular weight is 210 g/mol. The number of benzene rings is 1. The summed E-state index contributed by atoms with van der Waals surface area (Å²) < 4.78 is 17.1.